The van der Waals surface area contributed by atoms with E-state index in [1.807, 2.05) is 19.9 Å². The first-order chi connectivity index (χ1) is 8.69. The van der Waals surface area contributed by atoms with Gasteiger partial charge in [0.05, 0.1) is 13.5 Å². The molecule has 1 aromatic heterocycles. The molecule has 18 heavy (non-hydrogen) atoms. The maximum Gasteiger partial charge on any atom is 0.306 e. The molecule has 1 N–H and O–H groups in total. The molecule has 0 aliphatic heterocycles. The smallest absolute Gasteiger partial charge is 0.306 e. The zero-order valence-electron chi connectivity index (χ0n) is 11.0. The van der Waals surface area contributed by atoms with Crippen LogP contribution >= 0.6 is 11.8 Å². The van der Waals surface area contributed by atoms with Crippen molar-refractivity contribution in [3.05, 3.63) is 11.9 Å². The van der Waals surface area contributed by atoms with Crippen LogP contribution in [-0.4, -0.2) is 35.3 Å². The summed E-state index contributed by atoms with van der Waals surface area (Å²) in [5.41, 5.74) is 0. The first-order valence-corrected chi connectivity index (χ1v) is 6.99. The fraction of sp³-hybridized carbons (Fsp3) is 0.583. The minimum Gasteiger partial charge on any atom is -0.469 e. The van der Waals surface area contributed by atoms with Crippen LogP contribution in [0.15, 0.2) is 11.1 Å². The summed E-state index contributed by atoms with van der Waals surface area (Å²) >= 11 is 1.54. The van der Waals surface area contributed by atoms with Crippen molar-refractivity contribution in [1.29, 1.82) is 0 Å². The van der Waals surface area contributed by atoms with Gasteiger partial charge in [0.25, 0.3) is 0 Å². The molecule has 0 aliphatic carbocycles. The normalized spacial score (nSPS) is 10.2. The van der Waals surface area contributed by atoms with Gasteiger partial charge < -0.3 is 10.1 Å². The maximum absolute atomic E-state index is 11.0. The fourth-order valence-corrected chi connectivity index (χ4v) is 2.16. The number of esters is 1. The van der Waals surface area contributed by atoms with Gasteiger partial charge in [-0.15, -0.1) is 11.8 Å². The Morgan fingerprint density at radius 3 is 2.83 bits per heavy atom. The van der Waals surface area contributed by atoms with E-state index in [1.54, 1.807) is 11.8 Å². The van der Waals surface area contributed by atoms with Crippen molar-refractivity contribution < 1.29 is 9.53 Å². The highest BCUT2D eigenvalue weighted by Crippen LogP contribution is 2.19. The molecule has 100 valence electrons. The number of carbonyl (C=O) groups excluding carboxylic acids is 1. The van der Waals surface area contributed by atoms with Gasteiger partial charge in [-0.3, -0.25) is 4.79 Å². The zero-order valence-corrected chi connectivity index (χ0v) is 11.8. The molecule has 0 saturated carbocycles. The number of ether oxygens (including phenoxy) is 1. The molecule has 1 aromatic rings. The molecule has 5 nitrogen and oxygen atoms in total. The second-order valence-electron chi connectivity index (χ2n) is 3.57. The molecule has 0 aromatic carbocycles. The molecular weight excluding hydrogens is 250 g/mol. The van der Waals surface area contributed by atoms with Gasteiger partial charge in [-0.1, -0.05) is 6.92 Å². The summed E-state index contributed by atoms with van der Waals surface area (Å²) in [6.45, 7) is 4.87. The summed E-state index contributed by atoms with van der Waals surface area (Å²) in [7, 11) is 1.40. The molecule has 0 unspecified atom stereocenters. The number of rotatable bonds is 7. The maximum atomic E-state index is 11.0. The SMILES string of the molecule is CCNc1cc(SCCC(=O)OC)nc(CC)n1. The van der Waals surface area contributed by atoms with E-state index < -0.39 is 0 Å². The Morgan fingerprint density at radius 1 is 1.44 bits per heavy atom. The minimum absolute atomic E-state index is 0.195. The van der Waals surface area contributed by atoms with E-state index >= 15 is 0 Å². The van der Waals surface area contributed by atoms with Crippen molar-refractivity contribution >= 4 is 23.5 Å². The molecular formula is C12H19N3O2S. The van der Waals surface area contributed by atoms with Crippen LogP contribution in [0.2, 0.25) is 0 Å². The van der Waals surface area contributed by atoms with Crippen molar-refractivity contribution in [2.45, 2.75) is 31.7 Å². The molecule has 0 fully saturated rings. The van der Waals surface area contributed by atoms with E-state index in [0.29, 0.717) is 12.2 Å². The fourth-order valence-electron chi connectivity index (χ4n) is 1.32. The highest BCUT2D eigenvalue weighted by Gasteiger charge is 2.05. The van der Waals surface area contributed by atoms with E-state index in [2.05, 4.69) is 20.0 Å². The Hall–Kier alpha value is -1.30. The number of nitrogens with zero attached hydrogens (tertiary/aromatic N) is 2. The van der Waals surface area contributed by atoms with E-state index in [-0.39, 0.29) is 5.97 Å². The second-order valence-corrected chi connectivity index (χ2v) is 4.68. The molecule has 6 heteroatoms. The van der Waals surface area contributed by atoms with Gasteiger partial charge in [-0.2, -0.15) is 0 Å². The number of thioether (sulfide) groups is 1. The van der Waals surface area contributed by atoms with Gasteiger partial charge in [-0.25, -0.2) is 9.97 Å². The Labute approximate surface area is 112 Å². The summed E-state index contributed by atoms with van der Waals surface area (Å²) in [4.78, 5) is 19.8. The van der Waals surface area contributed by atoms with Crippen molar-refractivity contribution in [3.63, 3.8) is 0 Å². The van der Waals surface area contributed by atoms with Gasteiger partial charge in [-0.05, 0) is 6.92 Å². The minimum atomic E-state index is -0.195. The van der Waals surface area contributed by atoms with Crippen LogP contribution in [0.5, 0.6) is 0 Å². The molecule has 0 bridgehead atoms. The molecule has 0 saturated heterocycles. The van der Waals surface area contributed by atoms with Crippen molar-refractivity contribution in [2.24, 2.45) is 0 Å². The summed E-state index contributed by atoms with van der Waals surface area (Å²) in [5.74, 6) is 2.12. The number of methoxy groups -OCH3 is 1. The van der Waals surface area contributed by atoms with Crippen LogP contribution in [0.3, 0.4) is 0 Å². The Balaban J connectivity index is 2.63. The van der Waals surface area contributed by atoms with E-state index in [1.165, 1.54) is 7.11 Å². The van der Waals surface area contributed by atoms with Crippen LogP contribution in [0.25, 0.3) is 0 Å². The van der Waals surface area contributed by atoms with Crippen LogP contribution in [0.1, 0.15) is 26.1 Å². The number of nitrogens with one attached hydrogen (secondary N) is 1. The Bertz CT molecular complexity index is 399. The third-order valence-corrected chi connectivity index (χ3v) is 3.12. The lowest BCUT2D eigenvalue weighted by Gasteiger charge is -2.07. The Morgan fingerprint density at radius 2 is 2.22 bits per heavy atom. The second kappa shape index (κ2) is 7.92. The van der Waals surface area contributed by atoms with Crippen LogP contribution in [-0.2, 0) is 16.0 Å². The third kappa shape index (κ3) is 4.91. The van der Waals surface area contributed by atoms with Crippen molar-refractivity contribution in [1.82, 2.24) is 9.97 Å². The average molecular weight is 269 g/mol. The van der Waals surface area contributed by atoms with Gasteiger partial charge in [0, 0.05) is 24.8 Å². The first kappa shape index (κ1) is 14.8. The molecule has 1 heterocycles. The summed E-state index contributed by atoms with van der Waals surface area (Å²) in [5, 5.41) is 4.07. The number of aryl methyl sites for hydroxylation is 1. The summed E-state index contributed by atoms with van der Waals surface area (Å²) in [6, 6.07) is 1.91. The highest BCUT2D eigenvalue weighted by molar-refractivity contribution is 7.99. The Kier molecular flexibility index (Phi) is 6.49. The quantitative estimate of drug-likeness (QED) is 0.465. The predicted octanol–water partition coefficient (Wildman–Crippen LogP) is 2.13. The topological polar surface area (TPSA) is 64.1 Å². The summed E-state index contributed by atoms with van der Waals surface area (Å²) < 4.78 is 4.60. The number of anilines is 1. The van der Waals surface area contributed by atoms with Gasteiger partial charge in [0.2, 0.25) is 0 Å². The lowest BCUT2D eigenvalue weighted by Crippen LogP contribution is -2.05. The third-order valence-electron chi connectivity index (χ3n) is 2.21. The molecule has 0 radical (unpaired) electrons. The lowest BCUT2D eigenvalue weighted by molar-refractivity contribution is -0.140. The van der Waals surface area contributed by atoms with Crippen molar-refractivity contribution in [3.8, 4) is 0 Å². The van der Waals surface area contributed by atoms with E-state index in [0.717, 1.165) is 29.6 Å². The van der Waals surface area contributed by atoms with Gasteiger partial charge in [0.15, 0.2) is 0 Å². The molecule has 1 rings (SSSR count). The molecule has 0 atom stereocenters. The van der Waals surface area contributed by atoms with Crippen LogP contribution < -0.4 is 5.32 Å². The first-order valence-electron chi connectivity index (χ1n) is 6.01. The predicted molar refractivity (Wildman–Crippen MR) is 72.9 cm³/mol. The standard InChI is InChI=1S/C12H19N3O2S/c1-4-9-14-10(13-5-2)8-11(15-9)18-7-6-12(16)17-3/h8H,4-7H2,1-3H3,(H,13,14,15). The number of hydrogen-bond acceptors (Lipinski definition) is 6. The van der Waals surface area contributed by atoms with Crippen LogP contribution in [0, 0.1) is 0 Å². The zero-order chi connectivity index (χ0) is 13.4. The van der Waals surface area contributed by atoms with E-state index in [4.69, 9.17) is 0 Å². The average Bonchev–Trinajstić information content (AvgIpc) is 2.38. The molecule has 0 spiro atoms. The number of carbonyl (C=O) groups is 1. The summed E-state index contributed by atoms with van der Waals surface area (Å²) in [6.07, 6.45) is 1.19. The van der Waals surface area contributed by atoms with Crippen molar-refractivity contribution in [2.75, 3.05) is 24.7 Å². The monoisotopic (exact) mass is 269 g/mol. The van der Waals surface area contributed by atoms with Crippen LogP contribution in [0.4, 0.5) is 5.82 Å². The molecule has 0 amide bonds. The lowest BCUT2D eigenvalue weighted by atomic mass is 10.4. The van der Waals surface area contributed by atoms with Gasteiger partial charge in [0.1, 0.15) is 16.7 Å². The van der Waals surface area contributed by atoms with Gasteiger partial charge >= 0.3 is 5.97 Å². The number of hydrogen-bond donors (Lipinski definition) is 1. The number of aromatic nitrogens is 2. The molecule has 0 aliphatic rings. The highest BCUT2D eigenvalue weighted by atomic mass is 32.2. The van der Waals surface area contributed by atoms with E-state index in [9.17, 15) is 4.79 Å². The largest absolute Gasteiger partial charge is 0.469 e.